The first-order valence-electron chi connectivity index (χ1n) is 9.12. The van der Waals surface area contributed by atoms with Crippen molar-refractivity contribution in [1.82, 2.24) is 0 Å². The molecule has 3 rings (SSSR count). The number of amides is 2. The van der Waals surface area contributed by atoms with Crippen molar-refractivity contribution in [3.8, 4) is 0 Å². The number of benzene rings is 1. The van der Waals surface area contributed by atoms with Gasteiger partial charge in [0.25, 0.3) is 5.69 Å². The van der Waals surface area contributed by atoms with Crippen LogP contribution >= 0.6 is 0 Å². The van der Waals surface area contributed by atoms with Gasteiger partial charge in [-0.15, -0.1) is 13.2 Å². The largest absolute Gasteiger partial charge is 0.359 e. The molecule has 0 spiro atoms. The summed E-state index contributed by atoms with van der Waals surface area (Å²) in [4.78, 5) is 39.6. The van der Waals surface area contributed by atoms with E-state index in [1.807, 2.05) is 0 Å². The van der Waals surface area contributed by atoms with Crippen LogP contribution < -0.4 is 9.80 Å². The highest BCUT2D eigenvalue weighted by molar-refractivity contribution is 6.22. The molecule has 0 aromatic heterocycles. The van der Waals surface area contributed by atoms with Crippen molar-refractivity contribution >= 4 is 28.9 Å². The smallest absolute Gasteiger partial charge is 0.294 e. The van der Waals surface area contributed by atoms with Gasteiger partial charge in [-0.2, -0.15) is 0 Å². The standard InChI is InChI=1S/C20H23N3O4/c1-3-11-21(12-4-2)17-10-9-14(13-18(17)23(26)27)22-19(24)15-7-5-6-8-16(15)20(22)25/h3-4,9-10,13,15-16H,1-2,5-8,11-12H2/t15-,16+. The van der Waals surface area contributed by atoms with E-state index in [0.29, 0.717) is 31.6 Å². The summed E-state index contributed by atoms with van der Waals surface area (Å²) in [6.07, 6.45) is 6.59. The lowest BCUT2D eigenvalue weighted by Gasteiger charge is -2.22. The van der Waals surface area contributed by atoms with Crippen LogP contribution in [0, 0.1) is 22.0 Å². The normalized spacial score (nSPS) is 21.7. The predicted octanol–water partition coefficient (Wildman–Crippen LogP) is 3.45. The molecule has 27 heavy (non-hydrogen) atoms. The minimum atomic E-state index is -0.490. The summed E-state index contributed by atoms with van der Waals surface area (Å²) >= 11 is 0. The number of carbonyl (C=O) groups excluding carboxylic acids is 2. The van der Waals surface area contributed by atoms with Gasteiger partial charge in [-0.25, -0.2) is 4.90 Å². The van der Waals surface area contributed by atoms with E-state index in [9.17, 15) is 19.7 Å². The molecule has 0 unspecified atom stereocenters. The topological polar surface area (TPSA) is 83.8 Å². The maximum Gasteiger partial charge on any atom is 0.294 e. The zero-order chi connectivity index (χ0) is 19.6. The SMILES string of the molecule is C=CCN(CC=C)c1ccc(N2C(=O)[C@H]3CCCC[C@H]3C2=O)cc1[N+](=O)[O-]. The molecule has 2 fully saturated rings. The van der Waals surface area contributed by atoms with E-state index in [4.69, 9.17) is 0 Å². The van der Waals surface area contributed by atoms with Gasteiger partial charge >= 0.3 is 0 Å². The maximum absolute atomic E-state index is 12.8. The van der Waals surface area contributed by atoms with Gasteiger partial charge in [0.15, 0.2) is 0 Å². The van der Waals surface area contributed by atoms with Gasteiger partial charge in [0.1, 0.15) is 5.69 Å². The minimum Gasteiger partial charge on any atom is -0.359 e. The third-order valence-electron chi connectivity index (χ3n) is 5.29. The lowest BCUT2D eigenvalue weighted by atomic mass is 9.81. The monoisotopic (exact) mass is 369 g/mol. The molecule has 7 heteroatoms. The Labute approximate surface area is 158 Å². The van der Waals surface area contributed by atoms with Crippen LogP contribution in [-0.4, -0.2) is 29.8 Å². The Balaban J connectivity index is 2.00. The first-order valence-corrected chi connectivity index (χ1v) is 9.12. The Kier molecular flexibility index (Phi) is 5.39. The number of nitro benzene ring substituents is 1. The van der Waals surface area contributed by atoms with Gasteiger partial charge in [0.05, 0.1) is 22.4 Å². The lowest BCUT2D eigenvalue weighted by Crippen LogP contribution is -2.31. The Bertz CT molecular complexity index is 770. The van der Waals surface area contributed by atoms with Crippen LogP contribution in [0.25, 0.3) is 0 Å². The molecule has 0 N–H and O–H groups in total. The highest BCUT2D eigenvalue weighted by Crippen LogP contribution is 2.41. The molecule has 2 aliphatic rings. The van der Waals surface area contributed by atoms with E-state index in [-0.39, 0.29) is 35.0 Å². The maximum atomic E-state index is 12.8. The van der Waals surface area contributed by atoms with E-state index in [1.54, 1.807) is 29.2 Å². The second-order valence-electron chi connectivity index (χ2n) is 6.92. The van der Waals surface area contributed by atoms with Gasteiger partial charge in [0, 0.05) is 19.2 Å². The highest BCUT2D eigenvalue weighted by atomic mass is 16.6. The van der Waals surface area contributed by atoms with E-state index in [1.165, 1.54) is 6.07 Å². The van der Waals surface area contributed by atoms with Crippen molar-refractivity contribution < 1.29 is 14.5 Å². The van der Waals surface area contributed by atoms with Crippen LogP contribution in [-0.2, 0) is 9.59 Å². The van der Waals surface area contributed by atoms with Crippen LogP contribution in [0.1, 0.15) is 25.7 Å². The Morgan fingerprint density at radius 1 is 1.11 bits per heavy atom. The second-order valence-corrected chi connectivity index (χ2v) is 6.92. The lowest BCUT2D eigenvalue weighted by molar-refractivity contribution is -0.384. The molecule has 2 atom stereocenters. The summed E-state index contributed by atoms with van der Waals surface area (Å²) in [7, 11) is 0. The van der Waals surface area contributed by atoms with Crippen molar-refractivity contribution in [2.45, 2.75) is 25.7 Å². The first-order chi connectivity index (χ1) is 13.0. The number of imide groups is 1. The van der Waals surface area contributed by atoms with E-state index in [0.717, 1.165) is 17.7 Å². The fraction of sp³-hybridized carbons (Fsp3) is 0.400. The van der Waals surface area contributed by atoms with Crippen LogP contribution in [0.5, 0.6) is 0 Å². The zero-order valence-electron chi connectivity index (χ0n) is 15.2. The summed E-state index contributed by atoms with van der Waals surface area (Å²) in [5, 5.41) is 11.7. The van der Waals surface area contributed by atoms with Gasteiger partial charge in [0.2, 0.25) is 11.8 Å². The van der Waals surface area contributed by atoms with Crippen LogP contribution in [0.2, 0.25) is 0 Å². The van der Waals surface area contributed by atoms with Gasteiger partial charge in [-0.05, 0) is 25.0 Å². The zero-order valence-corrected chi connectivity index (χ0v) is 15.2. The fourth-order valence-electron chi connectivity index (χ4n) is 4.06. The number of hydrogen-bond donors (Lipinski definition) is 0. The molecule has 1 aromatic rings. The Morgan fingerprint density at radius 2 is 1.67 bits per heavy atom. The molecule has 0 radical (unpaired) electrons. The number of nitro groups is 1. The Hall–Kier alpha value is -2.96. The van der Waals surface area contributed by atoms with Crippen molar-refractivity contribution in [2.75, 3.05) is 22.9 Å². The molecular weight excluding hydrogens is 346 g/mol. The molecule has 0 bridgehead atoms. The molecule has 1 saturated carbocycles. The van der Waals surface area contributed by atoms with Gasteiger partial charge in [-0.1, -0.05) is 25.0 Å². The predicted molar refractivity (Wildman–Crippen MR) is 104 cm³/mol. The minimum absolute atomic E-state index is 0.147. The summed E-state index contributed by atoms with van der Waals surface area (Å²) in [6.45, 7) is 8.19. The molecular formula is C20H23N3O4. The van der Waals surface area contributed by atoms with Gasteiger partial charge < -0.3 is 4.90 Å². The van der Waals surface area contributed by atoms with Crippen LogP contribution in [0.15, 0.2) is 43.5 Å². The number of rotatable bonds is 7. The number of carbonyl (C=O) groups is 2. The molecule has 142 valence electrons. The quantitative estimate of drug-likeness (QED) is 0.318. The van der Waals surface area contributed by atoms with Gasteiger partial charge in [-0.3, -0.25) is 19.7 Å². The number of anilines is 2. The van der Waals surface area contributed by atoms with Crippen molar-refractivity contribution in [1.29, 1.82) is 0 Å². The molecule has 1 aliphatic carbocycles. The first kappa shape index (κ1) is 18.8. The average Bonchev–Trinajstić information content (AvgIpc) is 2.92. The van der Waals surface area contributed by atoms with Crippen LogP contribution in [0.4, 0.5) is 17.1 Å². The molecule has 1 aromatic carbocycles. The van der Waals surface area contributed by atoms with E-state index in [2.05, 4.69) is 13.2 Å². The molecule has 1 saturated heterocycles. The van der Waals surface area contributed by atoms with Crippen molar-refractivity contribution in [3.05, 3.63) is 53.6 Å². The summed E-state index contributed by atoms with van der Waals surface area (Å²) in [5.41, 5.74) is 0.527. The third kappa shape index (κ3) is 3.37. The second kappa shape index (κ2) is 7.73. The Morgan fingerprint density at radius 3 is 2.15 bits per heavy atom. The molecule has 1 aliphatic heterocycles. The highest BCUT2D eigenvalue weighted by Gasteiger charge is 2.49. The number of nitrogens with zero attached hydrogens (tertiary/aromatic N) is 3. The number of hydrogen-bond acceptors (Lipinski definition) is 5. The summed E-state index contributed by atoms with van der Waals surface area (Å²) in [5.74, 6) is -1.05. The molecule has 7 nitrogen and oxygen atoms in total. The number of fused-ring (bicyclic) bond motifs is 1. The van der Waals surface area contributed by atoms with Crippen LogP contribution in [0.3, 0.4) is 0 Å². The fourth-order valence-corrected chi connectivity index (χ4v) is 4.06. The van der Waals surface area contributed by atoms with E-state index < -0.39 is 4.92 Å². The average molecular weight is 369 g/mol. The summed E-state index contributed by atoms with van der Waals surface area (Å²) in [6, 6.07) is 4.51. The third-order valence-corrected chi connectivity index (χ3v) is 5.29. The van der Waals surface area contributed by atoms with Crippen molar-refractivity contribution in [2.24, 2.45) is 11.8 Å². The van der Waals surface area contributed by atoms with E-state index >= 15 is 0 Å². The van der Waals surface area contributed by atoms with Crippen molar-refractivity contribution in [3.63, 3.8) is 0 Å². The molecule has 2 amide bonds. The molecule has 1 heterocycles. The summed E-state index contributed by atoms with van der Waals surface area (Å²) < 4.78 is 0.